The van der Waals surface area contributed by atoms with Crippen LogP contribution in [0.3, 0.4) is 0 Å². The first kappa shape index (κ1) is 12.4. The Balaban J connectivity index is 2.64. The summed E-state index contributed by atoms with van der Waals surface area (Å²) in [6.45, 7) is 5.26. The largest absolute Gasteiger partial charge is 0.389 e. The Labute approximate surface area is 107 Å². The van der Waals surface area contributed by atoms with E-state index in [1.165, 1.54) is 4.68 Å². The number of halogens is 2. The van der Waals surface area contributed by atoms with Crippen LogP contribution in [0.1, 0.15) is 19.4 Å². The minimum atomic E-state index is -0.929. The van der Waals surface area contributed by atoms with Crippen molar-refractivity contribution < 1.29 is 9.50 Å². The second-order valence-electron chi connectivity index (χ2n) is 4.75. The number of aliphatic hydroxyl groups is 1. The van der Waals surface area contributed by atoms with E-state index in [0.29, 0.717) is 21.1 Å². The highest BCUT2D eigenvalue weighted by molar-refractivity contribution is 9.10. The van der Waals surface area contributed by atoms with E-state index in [2.05, 4.69) is 26.2 Å². The van der Waals surface area contributed by atoms with E-state index in [1.54, 1.807) is 26.8 Å². The molecule has 0 aliphatic heterocycles. The summed E-state index contributed by atoms with van der Waals surface area (Å²) in [5.41, 5.74) is 0.761. The predicted octanol–water partition coefficient (Wildman–Crippen LogP) is 2.41. The third-order valence-corrected chi connectivity index (χ3v) is 3.12. The molecule has 0 saturated heterocycles. The van der Waals surface area contributed by atoms with Crippen LogP contribution in [0.5, 0.6) is 0 Å². The van der Waals surface area contributed by atoms with Gasteiger partial charge in [0.05, 0.1) is 16.6 Å². The number of fused-ring (bicyclic) bond motifs is 1. The van der Waals surface area contributed by atoms with Gasteiger partial charge in [-0.15, -0.1) is 5.10 Å². The Bertz CT molecular complexity index is 574. The second-order valence-corrected chi connectivity index (χ2v) is 5.54. The van der Waals surface area contributed by atoms with Gasteiger partial charge < -0.3 is 5.11 Å². The molecule has 17 heavy (non-hydrogen) atoms. The summed E-state index contributed by atoms with van der Waals surface area (Å²) in [5, 5.41) is 17.7. The van der Waals surface area contributed by atoms with Crippen LogP contribution in [0.15, 0.2) is 10.5 Å². The molecule has 0 atom stereocenters. The summed E-state index contributed by atoms with van der Waals surface area (Å²) in [6, 6.07) is 1.64. The fraction of sp³-hybridized carbons (Fsp3) is 0.455. The van der Waals surface area contributed by atoms with Gasteiger partial charge in [-0.05, 0) is 48.3 Å². The molecule has 0 amide bonds. The Morgan fingerprint density at radius 2 is 2.18 bits per heavy atom. The SMILES string of the molecule is Cc1cc2nnn(CC(C)(C)O)c2c(Br)c1F. The zero-order chi connectivity index (χ0) is 12.8. The molecule has 0 unspecified atom stereocenters. The van der Waals surface area contributed by atoms with Crippen molar-refractivity contribution in [2.24, 2.45) is 0 Å². The lowest BCUT2D eigenvalue weighted by Crippen LogP contribution is -2.26. The zero-order valence-electron chi connectivity index (χ0n) is 9.83. The van der Waals surface area contributed by atoms with Gasteiger partial charge in [0.1, 0.15) is 16.9 Å². The highest BCUT2D eigenvalue weighted by Gasteiger charge is 2.20. The molecule has 2 aromatic rings. The smallest absolute Gasteiger partial charge is 0.142 e. The Morgan fingerprint density at radius 1 is 1.53 bits per heavy atom. The first-order valence-electron chi connectivity index (χ1n) is 5.20. The number of hydrogen-bond acceptors (Lipinski definition) is 3. The third-order valence-electron chi connectivity index (χ3n) is 2.40. The van der Waals surface area contributed by atoms with Crippen LogP contribution in [0.25, 0.3) is 11.0 Å². The van der Waals surface area contributed by atoms with E-state index in [1.807, 2.05) is 0 Å². The average Bonchev–Trinajstić information content (AvgIpc) is 2.55. The van der Waals surface area contributed by atoms with Crippen LogP contribution in [0, 0.1) is 12.7 Å². The van der Waals surface area contributed by atoms with Crippen LogP contribution in [-0.4, -0.2) is 25.7 Å². The fourth-order valence-electron chi connectivity index (χ4n) is 1.67. The van der Waals surface area contributed by atoms with Crippen molar-refractivity contribution in [1.82, 2.24) is 15.0 Å². The zero-order valence-corrected chi connectivity index (χ0v) is 11.4. The van der Waals surface area contributed by atoms with Gasteiger partial charge in [0.15, 0.2) is 0 Å². The first-order chi connectivity index (χ1) is 7.79. The van der Waals surface area contributed by atoms with Crippen molar-refractivity contribution in [3.8, 4) is 0 Å². The number of aromatic nitrogens is 3. The summed E-state index contributed by atoms with van der Waals surface area (Å²) >= 11 is 3.21. The molecule has 0 spiro atoms. The van der Waals surface area contributed by atoms with Crippen LogP contribution >= 0.6 is 15.9 Å². The molecule has 92 valence electrons. The van der Waals surface area contributed by atoms with Gasteiger partial charge in [-0.1, -0.05) is 5.21 Å². The minimum absolute atomic E-state index is 0.255. The molecule has 0 saturated carbocycles. The highest BCUT2D eigenvalue weighted by atomic mass is 79.9. The molecule has 0 aliphatic carbocycles. The summed E-state index contributed by atoms with van der Waals surface area (Å²) in [5.74, 6) is -0.322. The van der Waals surface area contributed by atoms with E-state index in [0.717, 1.165) is 0 Å². The molecule has 1 aromatic carbocycles. The second kappa shape index (κ2) is 4.03. The Morgan fingerprint density at radius 3 is 2.76 bits per heavy atom. The molecular formula is C11H13BrFN3O. The molecule has 0 aliphatic rings. The predicted molar refractivity (Wildman–Crippen MR) is 66.2 cm³/mol. The van der Waals surface area contributed by atoms with Crippen molar-refractivity contribution in [1.29, 1.82) is 0 Å². The minimum Gasteiger partial charge on any atom is -0.389 e. The van der Waals surface area contributed by atoms with Crippen molar-refractivity contribution in [2.45, 2.75) is 32.9 Å². The van der Waals surface area contributed by atoms with Gasteiger partial charge >= 0.3 is 0 Å². The first-order valence-corrected chi connectivity index (χ1v) is 5.99. The topological polar surface area (TPSA) is 50.9 Å². The fourth-order valence-corrected chi connectivity index (χ4v) is 2.39. The van der Waals surface area contributed by atoms with Crippen molar-refractivity contribution in [2.75, 3.05) is 0 Å². The molecule has 0 bridgehead atoms. The quantitative estimate of drug-likeness (QED) is 0.927. The number of benzene rings is 1. The monoisotopic (exact) mass is 301 g/mol. The number of nitrogens with zero attached hydrogens (tertiary/aromatic N) is 3. The van der Waals surface area contributed by atoms with Crippen LogP contribution in [0.4, 0.5) is 4.39 Å². The van der Waals surface area contributed by atoms with Gasteiger partial charge in [0, 0.05) is 0 Å². The lowest BCUT2D eigenvalue weighted by Gasteiger charge is -2.17. The summed E-state index contributed by atoms with van der Waals surface area (Å²) in [6.07, 6.45) is 0. The van der Waals surface area contributed by atoms with Gasteiger partial charge in [0.25, 0.3) is 0 Å². The maximum atomic E-state index is 13.8. The molecule has 1 aromatic heterocycles. The van der Waals surface area contributed by atoms with Gasteiger partial charge in [-0.3, -0.25) is 0 Å². The maximum Gasteiger partial charge on any atom is 0.142 e. The highest BCUT2D eigenvalue weighted by Crippen LogP contribution is 2.28. The van der Waals surface area contributed by atoms with Crippen LogP contribution in [0.2, 0.25) is 0 Å². The maximum absolute atomic E-state index is 13.8. The molecule has 1 heterocycles. The summed E-state index contributed by atoms with van der Waals surface area (Å²) in [4.78, 5) is 0. The molecule has 1 N–H and O–H groups in total. The van der Waals surface area contributed by atoms with Gasteiger partial charge in [0.2, 0.25) is 0 Å². The number of hydrogen-bond donors (Lipinski definition) is 1. The summed E-state index contributed by atoms with van der Waals surface area (Å²) < 4.78 is 15.6. The van der Waals surface area contributed by atoms with Gasteiger partial charge in [-0.25, -0.2) is 9.07 Å². The van der Waals surface area contributed by atoms with Gasteiger partial charge in [-0.2, -0.15) is 0 Å². The third kappa shape index (κ3) is 2.32. The molecule has 2 rings (SSSR count). The lowest BCUT2D eigenvalue weighted by atomic mass is 10.1. The summed E-state index contributed by atoms with van der Waals surface area (Å²) in [7, 11) is 0. The van der Waals surface area contributed by atoms with Crippen LogP contribution in [-0.2, 0) is 6.54 Å². The van der Waals surface area contributed by atoms with Crippen LogP contribution < -0.4 is 0 Å². The molecule has 0 fully saturated rings. The van der Waals surface area contributed by atoms with Crippen molar-refractivity contribution >= 4 is 27.0 Å². The van der Waals surface area contributed by atoms with E-state index < -0.39 is 5.60 Å². The normalized spacial score (nSPS) is 12.4. The molecule has 4 nitrogen and oxygen atoms in total. The number of rotatable bonds is 2. The van der Waals surface area contributed by atoms with Crippen molar-refractivity contribution in [3.63, 3.8) is 0 Å². The number of aryl methyl sites for hydroxylation is 1. The van der Waals surface area contributed by atoms with Crippen molar-refractivity contribution in [3.05, 3.63) is 21.9 Å². The van der Waals surface area contributed by atoms with E-state index >= 15 is 0 Å². The molecule has 6 heteroatoms. The standard InChI is InChI=1S/C11H13BrFN3O/c1-6-4-7-10(8(12)9(6)13)16(15-14-7)5-11(2,3)17/h4,17H,5H2,1-3H3. The average molecular weight is 302 g/mol. The Kier molecular flexibility index (Phi) is 2.95. The molecule has 0 radical (unpaired) electrons. The Hall–Kier alpha value is -1.01. The lowest BCUT2D eigenvalue weighted by molar-refractivity contribution is 0.0584. The van der Waals surface area contributed by atoms with E-state index in [4.69, 9.17) is 0 Å². The van der Waals surface area contributed by atoms with E-state index in [-0.39, 0.29) is 12.4 Å². The van der Waals surface area contributed by atoms with E-state index in [9.17, 15) is 9.50 Å². The molecular weight excluding hydrogens is 289 g/mol.